The number of Topliss-reactive ketones (excluding diaryl/α,β-unsaturated/α-hetero) is 1. The van der Waals surface area contributed by atoms with Gasteiger partial charge in [-0.1, -0.05) is 49.2 Å². The number of oxime groups is 1. The quantitative estimate of drug-likeness (QED) is 0.470. The van der Waals surface area contributed by atoms with E-state index in [0.717, 1.165) is 25.7 Å². The lowest BCUT2D eigenvalue weighted by Crippen LogP contribution is -2.27. The zero-order valence-electron chi connectivity index (χ0n) is 12.9. The Morgan fingerprint density at radius 3 is 2.36 bits per heavy atom. The Morgan fingerprint density at radius 1 is 1.14 bits per heavy atom. The van der Waals surface area contributed by atoms with E-state index in [-0.39, 0.29) is 17.4 Å². The summed E-state index contributed by atoms with van der Waals surface area (Å²) in [4.78, 5) is 29.3. The molecule has 1 aliphatic rings. The van der Waals surface area contributed by atoms with Crippen molar-refractivity contribution in [2.75, 3.05) is 0 Å². The fourth-order valence-electron chi connectivity index (χ4n) is 2.61. The first-order valence-electron chi connectivity index (χ1n) is 7.64. The number of nitrogens with zero attached hydrogens (tertiary/aromatic N) is 1. The molecule has 0 radical (unpaired) electrons. The smallest absolute Gasteiger partial charge is 0.312 e. The number of hydrogen-bond acceptors (Lipinski definition) is 4. The van der Waals surface area contributed by atoms with Crippen molar-refractivity contribution in [3.8, 4) is 0 Å². The molecule has 1 aromatic rings. The van der Waals surface area contributed by atoms with Crippen LogP contribution in [-0.4, -0.2) is 17.5 Å². The molecule has 4 heteroatoms. The van der Waals surface area contributed by atoms with Crippen LogP contribution in [0.25, 0.3) is 0 Å². The Balaban J connectivity index is 2.08. The zero-order valence-corrected chi connectivity index (χ0v) is 12.9. The fourth-order valence-corrected chi connectivity index (χ4v) is 2.61. The number of hydrogen-bond donors (Lipinski definition) is 0. The first kappa shape index (κ1) is 16.1. The molecule has 1 saturated carbocycles. The van der Waals surface area contributed by atoms with E-state index in [9.17, 15) is 9.59 Å². The van der Waals surface area contributed by atoms with E-state index in [2.05, 4.69) is 11.7 Å². The van der Waals surface area contributed by atoms with Crippen molar-refractivity contribution in [1.82, 2.24) is 0 Å². The van der Waals surface area contributed by atoms with Gasteiger partial charge in [-0.15, -0.1) is 0 Å². The van der Waals surface area contributed by atoms with Crippen molar-refractivity contribution < 1.29 is 14.4 Å². The third-order valence-corrected chi connectivity index (χ3v) is 3.84. The second-order valence-corrected chi connectivity index (χ2v) is 5.66. The summed E-state index contributed by atoms with van der Waals surface area (Å²) in [6, 6.07) is 8.58. The van der Waals surface area contributed by atoms with Crippen LogP contribution in [0.1, 0.15) is 49.4 Å². The van der Waals surface area contributed by atoms with Crippen LogP contribution in [0.5, 0.6) is 0 Å². The predicted octanol–water partition coefficient (Wildman–Crippen LogP) is 3.92. The molecule has 0 aromatic heterocycles. The Labute approximate surface area is 130 Å². The van der Waals surface area contributed by atoms with Gasteiger partial charge < -0.3 is 4.84 Å². The average molecular weight is 299 g/mol. The summed E-state index contributed by atoms with van der Waals surface area (Å²) in [6.07, 6.45) is 5.04. The SMILES string of the molecule is C=C(C)/C(=N/OC(=O)c1ccccc1)C(=O)C1CCCCC1. The first-order chi connectivity index (χ1) is 10.6. The van der Waals surface area contributed by atoms with E-state index >= 15 is 0 Å². The third-order valence-electron chi connectivity index (χ3n) is 3.84. The van der Waals surface area contributed by atoms with Gasteiger partial charge in [-0.05, 0) is 37.5 Å². The van der Waals surface area contributed by atoms with Crippen LogP contribution in [0.2, 0.25) is 0 Å². The lowest BCUT2D eigenvalue weighted by Gasteiger charge is -2.20. The van der Waals surface area contributed by atoms with Gasteiger partial charge in [0.05, 0.1) is 5.56 Å². The minimum absolute atomic E-state index is 0.0281. The van der Waals surface area contributed by atoms with E-state index in [1.54, 1.807) is 31.2 Å². The summed E-state index contributed by atoms with van der Waals surface area (Å²) < 4.78 is 0. The summed E-state index contributed by atoms with van der Waals surface area (Å²) in [5.74, 6) is -0.663. The second kappa shape index (κ2) is 7.69. The Kier molecular flexibility index (Phi) is 5.64. The number of rotatable bonds is 5. The molecule has 0 unspecified atom stereocenters. The number of carbonyl (C=O) groups excluding carboxylic acids is 2. The summed E-state index contributed by atoms with van der Waals surface area (Å²) >= 11 is 0. The van der Waals surface area contributed by atoms with Crippen LogP contribution in [0, 0.1) is 5.92 Å². The molecule has 116 valence electrons. The van der Waals surface area contributed by atoms with Gasteiger partial charge in [0.25, 0.3) is 0 Å². The van der Waals surface area contributed by atoms with Crippen LogP contribution in [0.3, 0.4) is 0 Å². The summed E-state index contributed by atoms with van der Waals surface area (Å²) in [5.41, 5.74) is 1.10. The number of allylic oxidation sites excluding steroid dienone is 1. The highest BCUT2D eigenvalue weighted by molar-refractivity contribution is 6.46. The maximum Gasteiger partial charge on any atom is 0.365 e. The van der Waals surface area contributed by atoms with Gasteiger partial charge in [0, 0.05) is 5.92 Å². The molecule has 4 nitrogen and oxygen atoms in total. The number of benzene rings is 1. The Bertz CT molecular complexity index is 584. The van der Waals surface area contributed by atoms with Crippen LogP contribution in [0.15, 0.2) is 47.6 Å². The van der Waals surface area contributed by atoms with Gasteiger partial charge in [-0.3, -0.25) is 4.79 Å². The molecule has 0 amide bonds. The van der Waals surface area contributed by atoms with Gasteiger partial charge in [0.2, 0.25) is 0 Å². The Hall–Kier alpha value is -2.23. The van der Waals surface area contributed by atoms with Crippen molar-refractivity contribution >= 4 is 17.5 Å². The van der Waals surface area contributed by atoms with Gasteiger partial charge in [-0.25, -0.2) is 4.79 Å². The van der Waals surface area contributed by atoms with Crippen molar-refractivity contribution in [2.24, 2.45) is 11.1 Å². The molecule has 0 bridgehead atoms. The molecule has 0 atom stereocenters. The predicted molar refractivity (Wildman–Crippen MR) is 85.7 cm³/mol. The molecule has 0 heterocycles. The topological polar surface area (TPSA) is 55.7 Å². The highest BCUT2D eigenvalue weighted by Gasteiger charge is 2.26. The number of ketones is 1. The van der Waals surface area contributed by atoms with E-state index in [1.807, 2.05) is 6.07 Å². The highest BCUT2D eigenvalue weighted by Crippen LogP contribution is 2.25. The highest BCUT2D eigenvalue weighted by atomic mass is 16.7. The van der Waals surface area contributed by atoms with Gasteiger partial charge in [-0.2, -0.15) is 0 Å². The molecule has 0 N–H and O–H groups in total. The molecule has 0 aliphatic heterocycles. The molecule has 1 aromatic carbocycles. The molecular formula is C18H21NO3. The molecule has 1 fully saturated rings. The molecule has 1 aliphatic carbocycles. The maximum atomic E-state index is 12.5. The molecule has 0 saturated heterocycles. The van der Waals surface area contributed by atoms with Crippen LogP contribution >= 0.6 is 0 Å². The maximum absolute atomic E-state index is 12.5. The molecular weight excluding hydrogens is 278 g/mol. The third kappa shape index (κ3) is 4.13. The van der Waals surface area contributed by atoms with Crippen molar-refractivity contribution in [1.29, 1.82) is 0 Å². The molecule has 2 rings (SSSR count). The van der Waals surface area contributed by atoms with Crippen molar-refractivity contribution in [3.05, 3.63) is 48.0 Å². The summed E-state index contributed by atoms with van der Waals surface area (Å²) in [6.45, 7) is 5.48. The minimum Gasteiger partial charge on any atom is -0.312 e. The van der Waals surface area contributed by atoms with Crippen LogP contribution < -0.4 is 0 Å². The summed E-state index contributed by atoms with van der Waals surface area (Å²) in [7, 11) is 0. The number of carbonyl (C=O) groups is 2. The second-order valence-electron chi connectivity index (χ2n) is 5.66. The van der Waals surface area contributed by atoms with E-state index in [0.29, 0.717) is 11.1 Å². The monoisotopic (exact) mass is 299 g/mol. The summed E-state index contributed by atoms with van der Waals surface area (Å²) in [5, 5.41) is 3.79. The van der Waals surface area contributed by atoms with Crippen LogP contribution in [-0.2, 0) is 9.63 Å². The lowest BCUT2D eigenvalue weighted by atomic mass is 9.84. The van der Waals surface area contributed by atoms with Gasteiger partial charge in [0.1, 0.15) is 5.71 Å². The molecule has 22 heavy (non-hydrogen) atoms. The van der Waals surface area contributed by atoms with Crippen molar-refractivity contribution in [2.45, 2.75) is 39.0 Å². The van der Waals surface area contributed by atoms with E-state index in [4.69, 9.17) is 4.84 Å². The average Bonchev–Trinajstić information content (AvgIpc) is 2.56. The van der Waals surface area contributed by atoms with E-state index < -0.39 is 5.97 Å². The Morgan fingerprint density at radius 2 is 1.77 bits per heavy atom. The minimum atomic E-state index is -0.573. The standard InChI is InChI=1S/C18H21NO3/c1-13(2)16(17(20)14-9-5-3-6-10-14)19-22-18(21)15-11-7-4-8-12-15/h4,7-8,11-12,14H,1,3,5-6,9-10H2,2H3/b19-16-. The molecule has 0 spiro atoms. The first-order valence-corrected chi connectivity index (χ1v) is 7.64. The van der Waals surface area contributed by atoms with Gasteiger partial charge >= 0.3 is 5.97 Å². The largest absolute Gasteiger partial charge is 0.365 e. The van der Waals surface area contributed by atoms with Crippen molar-refractivity contribution in [3.63, 3.8) is 0 Å². The van der Waals surface area contributed by atoms with E-state index in [1.165, 1.54) is 6.42 Å². The zero-order chi connectivity index (χ0) is 15.9. The van der Waals surface area contributed by atoms with Crippen LogP contribution in [0.4, 0.5) is 0 Å². The lowest BCUT2D eigenvalue weighted by molar-refractivity contribution is -0.117. The normalized spacial score (nSPS) is 16.1. The van der Waals surface area contributed by atoms with Gasteiger partial charge in [0.15, 0.2) is 5.78 Å². The fraction of sp³-hybridized carbons (Fsp3) is 0.389.